The van der Waals surface area contributed by atoms with Crippen LogP contribution in [0.5, 0.6) is 11.5 Å². The Morgan fingerprint density at radius 3 is 2.65 bits per heavy atom. The first-order chi connectivity index (χ1) is 15.1. The molecule has 0 saturated heterocycles. The summed E-state index contributed by atoms with van der Waals surface area (Å²) in [6.07, 6.45) is 0.250. The molecular weight excluding hydrogens is 422 g/mol. The van der Waals surface area contributed by atoms with Crippen LogP contribution in [0.3, 0.4) is 0 Å². The van der Waals surface area contributed by atoms with E-state index in [1.165, 1.54) is 0 Å². The predicted molar refractivity (Wildman–Crippen MR) is 118 cm³/mol. The molecule has 4 N–H and O–H groups in total. The highest BCUT2D eigenvalue weighted by atomic mass is 35.5. The van der Waals surface area contributed by atoms with Crippen LogP contribution in [0.15, 0.2) is 42.5 Å². The first-order valence-corrected chi connectivity index (χ1v) is 9.64. The van der Waals surface area contributed by atoms with E-state index in [2.05, 4.69) is 25.9 Å². The van der Waals surface area contributed by atoms with Gasteiger partial charge >= 0.3 is 0 Å². The molecule has 10 heteroatoms. The number of ether oxygens (including phenoxy) is 3. The van der Waals surface area contributed by atoms with Gasteiger partial charge in [-0.05, 0) is 36.4 Å². The molecule has 4 rings (SSSR count). The number of nitrogens with zero attached hydrogens (tertiary/aromatic N) is 2. The van der Waals surface area contributed by atoms with Crippen molar-refractivity contribution in [2.45, 2.75) is 0 Å². The molecule has 0 aliphatic rings. The summed E-state index contributed by atoms with van der Waals surface area (Å²) in [5.41, 5.74) is 8.33. The molecule has 4 aromatic rings. The van der Waals surface area contributed by atoms with Crippen LogP contribution in [0.1, 0.15) is 0 Å². The van der Waals surface area contributed by atoms with Gasteiger partial charge in [0, 0.05) is 18.7 Å². The van der Waals surface area contributed by atoms with E-state index in [1.807, 2.05) is 42.5 Å². The molecule has 0 aliphatic heterocycles. The van der Waals surface area contributed by atoms with E-state index >= 15 is 0 Å². The number of hydrogen-bond donors (Lipinski definition) is 3. The second kappa shape index (κ2) is 10.5. The molecule has 0 fully saturated rings. The van der Waals surface area contributed by atoms with E-state index in [0.29, 0.717) is 29.8 Å². The van der Waals surface area contributed by atoms with E-state index in [9.17, 15) is 0 Å². The molecule has 0 aliphatic carbocycles. The first-order valence-electron chi connectivity index (χ1n) is 9.26. The Balaban J connectivity index is 0.000000858. The summed E-state index contributed by atoms with van der Waals surface area (Å²) in [5, 5.41) is 7.93. The Hall–Kier alpha value is -3.56. The van der Waals surface area contributed by atoms with Gasteiger partial charge in [-0.25, -0.2) is 4.98 Å². The molecule has 1 amide bonds. The average molecular weight is 444 g/mol. The Kier molecular flexibility index (Phi) is 7.47. The molecule has 2 heterocycles. The van der Waals surface area contributed by atoms with Crippen molar-refractivity contribution in [3.05, 3.63) is 47.5 Å². The molecule has 0 unspecified atom stereocenters. The number of nitrogens with two attached hydrogens (primary N) is 1. The van der Waals surface area contributed by atoms with Crippen molar-refractivity contribution < 1.29 is 19.0 Å². The molecule has 0 spiro atoms. The Morgan fingerprint density at radius 1 is 1.13 bits per heavy atom. The third-order valence-electron chi connectivity index (χ3n) is 4.29. The standard InChI is InChI=1S/C20H19ClN4O3.CH3NO/c1-26-7-8-28-13-4-5-15-17(10-13)23-20(22-15)18-11-16(24-25-18)12-3-6-19(27-2)14(21)9-12;2-1-3/h3-6,9-11H,7-8H2,1-2H3,(H,22,23)(H,24,25);1H,(H2,2,3). The van der Waals surface area contributed by atoms with Crippen molar-refractivity contribution in [3.8, 4) is 34.3 Å². The monoisotopic (exact) mass is 443 g/mol. The largest absolute Gasteiger partial charge is 0.495 e. The highest BCUT2D eigenvalue weighted by Crippen LogP contribution is 2.31. The molecule has 9 nitrogen and oxygen atoms in total. The number of primary amides is 1. The number of carbonyl (C=O) groups excluding carboxylic acids is 1. The number of benzene rings is 2. The molecule has 2 aromatic heterocycles. The van der Waals surface area contributed by atoms with Crippen LogP contribution in [0.4, 0.5) is 0 Å². The van der Waals surface area contributed by atoms with Crippen LogP contribution in [-0.4, -0.2) is 54.0 Å². The van der Waals surface area contributed by atoms with E-state index < -0.39 is 0 Å². The SMILES string of the molecule is COCCOc1ccc2nc(-c3cc(-c4ccc(OC)c(Cl)c4)n[nH]3)[nH]c2c1.NC=O. The van der Waals surface area contributed by atoms with Gasteiger partial charge < -0.3 is 24.9 Å². The maximum absolute atomic E-state index is 8.58. The number of H-pyrrole nitrogens is 2. The third-order valence-corrected chi connectivity index (χ3v) is 4.59. The van der Waals surface area contributed by atoms with Gasteiger partial charge in [-0.3, -0.25) is 9.89 Å². The Labute approximate surface area is 183 Å². The number of aromatic amines is 2. The van der Waals surface area contributed by atoms with Gasteiger partial charge in [0.05, 0.1) is 35.5 Å². The first kappa shape index (κ1) is 22.1. The number of carbonyl (C=O) groups is 1. The van der Waals surface area contributed by atoms with Crippen molar-refractivity contribution in [3.63, 3.8) is 0 Å². The normalized spacial score (nSPS) is 10.4. The van der Waals surface area contributed by atoms with E-state index in [0.717, 1.165) is 33.7 Å². The number of hydrogen-bond acceptors (Lipinski definition) is 6. The second-order valence-corrected chi connectivity index (χ2v) is 6.67. The molecule has 0 bridgehead atoms. The summed E-state index contributed by atoms with van der Waals surface area (Å²) < 4.78 is 15.8. The summed E-state index contributed by atoms with van der Waals surface area (Å²) in [4.78, 5) is 16.5. The Bertz CT molecular complexity index is 1160. The second-order valence-electron chi connectivity index (χ2n) is 6.26. The Morgan fingerprint density at radius 2 is 1.94 bits per heavy atom. The van der Waals surface area contributed by atoms with Gasteiger partial charge in [-0.15, -0.1) is 0 Å². The van der Waals surface area contributed by atoms with Crippen LogP contribution in [-0.2, 0) is 9.53 Å². The smallest absolute Gasteiger partial charge is 0.204 e. The highest BCUT2D eigenvalue weighted by Gasteiger charge is 2.12. The van der Waals surface area contributed by atoms with Gasteiger partial charge in [-0.1, -0.05) is 11.6 Å². The van der Waals surface area contributed by atoms with Crippen LogP contribution in [0.2, 0.25) is 5.02 Å². The number of amides is 1. The lowest BCUT2D eigenvalue weighted by Gasteiger charge is -2.04. The zero-order chi connectivity index (χ0) is 22.2. The van der Waals surface area contributed by atoms with Crippen LogP contribution >= 0.6 is 11.6 Å². The maximum atomic E-state index is 8.58. The number of rotatable bonds is 7. The summed E-state index contributed by atoms with van der Waals surface area (Å²) in [6, 6.07) is 13.2. The van der Waals surface area contributed by atoms with Crippen molar-refractivity contribution in [2.24, 2.45) is 5.73 Å². The lowest BCUT2D eigenvalue weighted by molar-refractivity contribution is -0.106. The fourth-order valence-corrected chi connectivity index (χ4v) is 3.12. The molecular formula is C21H22ClN5O4. The zero-order valence-electron chi connectivity index (χ0n) is 17.0. The van der Waals surface area contributed by atoms with Gasteiger partial charge in [0.25, 0.3) is 0 Å². The molecule has 0 radical (unpaired) electrons. The maximum Gasteiger partial charge on any atom is 0.204 e. The fourth-order valence-electron chi connectivity index (χ4n) is 2.87. The molecule has 0 saturated carbocycles. The number of halogens is 1. The lowest BCUT2D eigenvalue weighted by Crippen LogP contribution is -2.03. The highest BCUT2D eigenvalue weighted by molar-refractivity contribution is 6.32. The van der Waals surface area contributed by atoms with E-state index in [1.54, 1.807) is 14.2 Å². The van der Waals surface area contributed by atoms with Crippen LogP contribution < -0.4 is 15.2 Å². The summed E-state index contributed by atoms with van der Waals surface area (Å²) in [6.45, 7) is 1.04. The predicted octanol–water partition coefficient (Wildman–Crippen LogP) is 3.41. The summed E-state index contributed by atoms with van der Waals surface area (Å²) in [7, 11) is 3.23. The molecule has 162 valence electrons. The zero-order valence-corrected chi connectivity index (χ0v) is 17.8. The van der Waals surface area contributed by atoms with Crippen molar-refractivity contribution in [1.29, 1.82) is 0 Å². The summed E-state index contributed by atoms with van der Waals surface area (Å²) >= 11 is 6.22. The minimum atomic E-state index is 0.250. The van der Waals surface area contributed by atoms with Crippen LogP contribution in [0.25, 0.3) is 33.8 Å². The van der Waals surface area contributed by atoms with Gasteiger partial charge in [0.2, 0.25) is 6.41 Å². The summed E-state index contributed by atoms with van der Waals surface area (Å²) in [5.74, 6) is 2.09. The molecule has 0 atom stereocenters. The average Bonchev–Trinajstić information content (AvgIpc) is 3.41. The number of methoxy groups -OCH3 is 2. The molecule has 2 aromatic carbocycles. The number of fused-ring (bicyclic) bond motifs is 1. The number of aromatic nitrogens is 4. The minimum absolute atomic E-state index is 0.250. The third kappa shape index (κ3) is 5.33. The van der Waals surface area contributed by atoms with Crippen LogP contribution in [0, 0.1) is 0 Å². The van der Waals surface area contributed by atoms with Gasteiger partial charge in [0.15, 0.2) is 5.82 Å². The number of nitrogens with one attached hydrogen (secondary N) is 2. The van der Waals surface area contributed by atoms with Crippen molar-refractivity contribution in [1.82, 2.24) is 20.2 Å². The molecule has 31 heavy (non-hydrogen) atoms. The van der Waals surface area contributed by atoms with Crippen molar-refractivity contribution in [2.75, 3.05) is 27.4 Å². The van der Waals surface area contributed by atoms with Crippen molar-refractivity contribution >= 4 is 29.0 Å². The van der Waals surface area contributed by atoms with Gasteiger partial charge in [0.1, 0.15) is 23.8 Å². The minimum Gasteiger partial charge on any atom is -0.495 e. The van der Waals surface area contributed by atoms with Gasteiger partial charge in [-0.2, -0.15) is 5.10 Å². The quantitative estimate of drug-likeness (QED) is 0.296. The topological polar surface area (TPSA) is 128 Å². The lowest BCUT2D eigenvalue weighted by atomic mass is 10.1. The van der Waals surface area contributed by atoms with E-state index in [-0.39, 0.29) is 6.41 Å². The fraction of sp³-hybridized carbons (Fsp3) is 0.190. The number of imidazole rings is 1. The van der Waals surface area contributed by atoms with E-state index in [4.69, 9.17) is 30.6 Å².